The standard InChI is InChI=1S/C28H23N3O4/c32-23-17-18(24-12-6-14-34-24)16-21-26(23)27(25-13-7-15-35-25)31(22-11-5-4-10-20(22)30-21)28(33)29-19-8-2-1-3-9-19/h1-15,18,27,30H,16-17H2,(H,29,33)/t18-,27+/m1/s1. The Morgan fingerprint density at radius 2 is 1.57 bits per heavy atom. The van der Waals surface area contributed by atoms with Crippen LogP contribution in [-0.4, -0.2) is 11.8 Å². The SMILES string of the molecule is O=C1C[C@H](c2ccco2)CC2=C1[C@H](c1ccco1)N(C(=O)Nc1ccccc1)c1ccccc1N2. The molecule has 2 aromatic carbocycles. The molecular weight excluding hydrogens is 442 g/mol. The Bertz CT molecular complexity index is 1390. The molecule has 2 amide bonds. The van der Waals surface area contributed by atoms with E-state index in [2.05, 4.69) is 10.6 Å². The number of anilines is 3. The van der Waals surface area contributed by atoms with Crippen LogP contribution in [0.3, 0.4) is 0 Å². The van der Waals surface area contributed by atoms with Gasteiger partial charge in [-0.1, -0.05) is 30.3 Å². The third-order valence-corrected chi connectivity index (χ3v) is 6.49. The number of nitrogens with zero attached hydrogens (tertiary/aromatic N) is 1. The lowest BCUT2D eigenvalue weighted by Crippen LogP contribution is -2.40. The van der Waals surface area contributed by atoms with Crippen LogP contribution in [-0.2, 0) is 4.79 Å². The van der Waals surface area contributed by atoms with Crippen LogP contribution in [0.15, 0.2) is 111 Å². The van der Waals surface area contributed by atoms with Gasteiger partial charge in [0.1, 0.15) is 17.6 Å². The van der Waals surface area contributed by atoms with Gasteiger partial charge in [-0.2, -0.15) is 0 Å². The van der Waals surface area contributed by atoms with Gasteiger partial charge in [0, 0.05) is 29.3 Å². The molecule has 0 radical (unpaired) electrons. The van der Waals surface area contributed by atoms with E-state index >= 15 is 0 Å². The van der Waals surface area contributed by atoms with Gasteiger partial charge in [-0.05, 0) is 55.0 Å². The summed E-state index contributed by atoms with van der Waals surface area (Å²) in [6.07, 6.45) is 4.05. The maximum absolute atomic E-state index is 13.8. The van der Waals surface area contributed by atoms with Crippen molar-refractivity contribution in [1.82, 2.24) is 0 Å². The number of Topliss-reactive ketones (excluding diaryl/α,β-unsaturated/α-hetero) is 1. The van der Waals surface area contributed by atoms with Crippen molar-refractivity contribution in [3.8, 4) is 0 Å². The van der Waals surface area contributed by atoms with Gasteiger partial charge < -0.3 is 19.5 Å². The van der Waals surface area contributed by atoms with E-state index in [4.69, 9.17) is 8.83 Å². The average molecular weight is 466 g/mol. The molecule has 0 saturated heterocycles. The minimum absolute atomic E-state index is 0.0492. The van der Waals surface area contributed by atoms with Gasteiger partial charge in [0.25, 0.3) is 0 Å². The number of urea groups is 1. The van der Waals surface area contributed by atoms with Crippen LogP contribution in [0.1, 0.15) is 36.3 Å². The largest absolute Gasteiger partial charge is 0.469 e. The average Bonchev–Trinajstić information content (AvgIpc) is 3.57. The zero-order chi connectivity index (χ0) is 23.8. The van der Waals surface area contributed by atoms with Crippen LogP contribution in [0.5, 0.6) is 0 Å². The number of furan rings is 2. The topological polar surface area (TPSA) is 87.7 Å². The number of amides is 2. The van der Waals surface area contributed by atoms with Gasteiger partial charge in [-0.15, -0.1) is 0 Å². The minimum atomic E-state index is -0.732. The molecule has 1 aliphatic carbocycles. The summed E-state index contributed by atoms with van der Waals surface area (Å²) in [5.74, 6) is 1.16. The molecule has 4 aromatic rings. The summed E-state index contributed by atoms with van der Waals surface area (Å²) < 4.78 is 11.4. The molecular formula is C28H23N3O4. The van der Waals surface area contributed by atoms with Gasteiger partial charge in [-0.25, -0.2) is 4.79 Å². The fourth-order valence-electron chi connectivity index (χ4n) is 4.96. The highest BCUT2D eigenvalue weighted by molar-refractivity contribution is 6.09. The minimum Gasteiger partial charge on any atom is -0.469 e. The molecule has 35 heavy (non-hydrogen) atoms. The highest BCUT2D eigenvalue weighted by atomic mass is 16.3. The first-order valence-electron chi connectivity index (χ1n) is 11.5. The Labute approximate surface area is 202 Å². The number of rotatable bonds is 3. The van der Waals surface area contributed by atoms with Crippen molar-refractivity contribution in [1.29, 1.82) is 0 Å². The van der Waals surface area contributed by atoms with Crippen LogP contribution >= 0.6 is 0 Å². The lowest BCUT2D eigenvalue weighted by molar-refractivity contribution is -0.116. The fraction of sp³-hybridized carbons (Fsp3) is 0.143. The normalized spacial score (nSPS) is 19.4. The van der Waals surface area contributed by atoms with Gasteiger partial charge in [0.15, 0.2) is 5.78 Å². The predicted octanol–water partition coefficient (Wildman–Crippen LogP) is 6.48. The zero-order valence-electron chi connectivity index (χ0n) is 18.8. The first-order chi connectivity index (χ1) is 17.2. The van der Waals surface area contributed by atoms with Crippen molar-refractivity contribution >= 4 is 28.9 Å². The molecule has 0 spiro atoms. The Morgan fingerprint density at radius 1 is 0.857 bits per heavy atom. The summed E-state index contributed by atoms with van der Waals surface area (Å²) in [4.78, 5) is 29.2. The van der Waals surface area contributed by atoms with Crippen molar-refractivity contribution in [2.75, 3.05) is 15.5 Å². The van der Waals surface area contributed by atoms with E-state index in [0.29, 0.717) is 29.1 Å². The maximum atomic E-state index is 13.8. The third kappa shape index (κ3) is 3.81. The van der Waals surface area contributed by atoms with Gasteiger partial charge >= 0.3 is 6.03 Å². The highest BCUT2D eigenvalue weighted by Gasteiger charge is 2.43. The molecule has 2 aromatic heterocycles. The smallest absolute Gasteiger partial charge is 0.327 e. The third-order valence-electron chi connectivity index (χ3n) is 6.49. The first-order valence-corrected chi connectivity index (χ1v) is 11.5. The number of allylic oxidation sites excluding steroid dienone is 1. The Balaban J connectivity index is 1.50. The molecule has 7 heteroatoms. The summed E-state index contributed by atoms with van der Waals surface area (Å²) in [5.41, 5.74) is 3.35. The molecule has 2 atom stereocenters. The number of para-hydroxylation sites is 3. The first kappa shape index (κ1) is 21.0. The number of nitrogens with one attached hydrogen (secondary N) is 2. The van der Waals surface area contributed by atoms with E-state index < -0.39 is 6.04 Å². The van der Waals surface area contributed by atoms with Crippen LogP contribution < -0.4 is 15.5 Å². The number of fused-ring (bicyclic) bond motifs is 1. The van der Waals surface area contributed by atoms with E-state index in [1.807, 2.05) is 66.7 Å². The van der Waals surface area contributed by atoms with Crippen molar-refractivity contribution < 1.29 is 18.4 Å². The number of carbonyl (C=O) groups is 2. The van der Waals surface area contributed by atoms with Crippen molar-refractivity contribution in [3.05, 3.63) is 114 Å². The summed E-state index contributed by atoms with van der Waals surface area (Å²) in [6, 6.07) is 23.0. The molecule has 0 saturated carbocycles. The van der Waals surface area contributed by atoms with Crippen LogP contribution in [0.4, 0.5) is 21.9 Å². The van der Waals surface area contributed by atoms with Crippen molar-refractivity contribution in [2.45, 2.75) is 24.8 Å². The quantitative estimate of drug-likeness (QED) is 0.362. The van der Waals surface area contributed by atoms with E-state index in [1.54, 1.807) is 29.6 Å². The number of hydrogen-bond acceptors (Lipinski definition) is 5. The van der Waals surface area contributed by atoms with E-state index in [1.165, 1.54) is 0 Å². The molecule has 6 rings (SSSR count). The van der Waals surface area contributed by atoms with Crippen molar-refractivity contribution in [3.63, 3.8) is 0 Å². The van der Waals surface area contributed by atoms with Gasteiger partial charge in [0.05, 0.1) is 23.9 Å². The fourth-order valence-corrected chi connectivity index (χ4v) is 4.96. The van der Waals surface area contributed by atoms with Crippen LogP contribution in [0.2, 0.25) is 0 Å². The van der Waals surface area contributed by atoms with Gasteiger partial charge in [-0.3, -0.25) is 9.69 Å². The molecule has 2 N–H and O–H groups in total. The molecule has 0 unspecified atom stereocenters. The second-order valence-corrected chi connectivity index (χ2v) is 8.66. The number of benzene rings is 2. The Hall–Kier alpha value is -4.52. The van der Waals surface area contributed by atoms with E-state index in [-0.39, 0.29) is 24.2 Å². The lowest BCUT2D eigenvalue weighted by Gasteiger charge is -2.33. The molecule has 0 fully saturated rings. The number of carbonyl (C=O) groups excluding carboxylic acids is 2. The summed E-state index contributed by atoms with van der Waals surface area (Å²) >= 11 is 0. The molecule has 1 aliphatic heterocycles. The molecule has 3 heterocycles. The van der Waals surface area contributed by atoms with Gasteiger partial charge in [0.2, 0.25) is 0 Å². The molecule has 2 aliphatic rings. The number of ketones is 1. The zero-order valence-corrected chi connectivity index (χ0v) is 18.8. The lowest BCUT2D eigenvalue weighted by atomic mass is 9.81. The number of hydrogen-bond donors (Lipinski definition) is 2. The maximum Gasteiger partial charge on any atom is 0.327 e. The summed E-state index contributed by atoms with van der Waals surface area (Å²) in [6.45, 7) is 0. The Kier molecular flexibility index (Phi) is 5.22. The molecule has 7 nitrogen and oxygen atoms in total. The van der Waals surface area contributed by atoms with E-state index in [0.717, 1.165) is 17.1 Å². The second kappa shape index (κ2) is 8.68. The highest BCUT2D eigenvalue weighted by Crippen LogP contribution is 2.47. The molecule has 174 valence electrons. The van der Waals surface area contributed by atoms with Crippen molar-refractivity contribution in [2.24, 2.45) is 0 Å². The van der Waals surface area contributed by atoms with Crippen LogP contribution in [0, 0.1) is 0 Å². The summed E-state index contributed by atoms with van der Waals surface area (Å²) in [5, 5.41) is 6.46. The summed E-state index contributed by atoms with van der Waals surface area (Å²) in [7, 11) is 0. The van der Waals surface area contributed by atoms with Crippen LogP contribution in [0.25, 0.3) is 0 Å². The Morgan fingerprint density at radius 3 is 2.31 bits per heavy atom. The predicted molar refractivity (Wildman–Crippen MR) is 132 cm³/mol. The van der Waals surface area contributed by atoms with E-state index in [9.17, 15) is 9.59 Å². The monoisotopic (exact) mass is 465 g/mol. The molecule has 0 bridgehead atoms. The second-order valence-electron chi connectivity index (χ2n) is 8.66.